The monoisotopic (exact) mass is 378 g/mol. The summed E-state index contributed by atoms with van der Waals surface area (Å²) in [6, 6.07) is 14.4. The molecular formula is C16H12BrFN2OS. The molecule has 0 aliphatic carbocycles. The fraction of sp³-hybridized carbons (Fsp3) is 0.125. The molecule has 1 aromatic heterocycles. The zero-order chi connectivity index (χ0) is 15.4. The van der Waals surface area contributed by atoms with Gasteiger partial charge in [-0.05, 0) is 35.4 Å². The van der Waals surface area contributed by atoms with Crippen molar-refractivity contribution in [1.82, 2.24) is 10.2 Å². The Labute approximate surface area is 140 Å². The van der Waals surface area contributed by atoms with Crippen LogP contribution in [0.5, 0.6) is 0 Å². The standard InChI is InChI=1S/C16H12BrFN2OS/c17-13-5-1-11(2-6-13)9-15-19-20-16(21-15)22-10-12-3-7-14(18)8-4-12/h1-8H,9-10H2. The van der Waals surface area contributed by atoms with Crippen LogP contribution in [0.25, 0.3) is 0 Å². The van der Waals surface area contributed by atoms with Crippen molar-refractivity contribution in [1.29, 1.82) is 0 Å². The molecule has 0 unspecified atom stereocenters. The summed E-state index contributed by atoms with van der Waals surface area (Å²) in [6.45, 7) is 0. The van der Waals surface area contributed by atoms with Crippen LogP contribution in [0.3, 0.4) is 0 Å². The third kappa shape index (κ3) is 4.18. The van der Waals surface area contributed by atoms with E-state index in [1.165, 1.54) is 23.9 Å². The van der Waals surface area contributed by atoms with E-state index in [9.17, 15) is 4.39 Å². The molecule has 0 fully saturated rings. The van der Waals surface area contributed by atoms with Gasteiger partial charge < -0.3 is 4.42 Å². The summed E-state index contributed by atoms with van der Waals surface area (Å²) in [7, 11) is 0. The Bertz CT molecular complexity index is 744. The maximum absolute atomic E-state index is 12.8. The Kier molecular flexibility index (Phi) is 4.90. The third-order valence-corrected chi connectivity index (χ3v) is 4.41. The Morgan fingerprint density at radius 1 is 0.955 bits per heavy atom. The molecule has 112 valence electrons. The zero-order valence-electron chi connectivity index (χ0n) is 11.5. The summed E-state index contributed by atoms with van der Waals surface area (Å²) >= 11 is 4.85. The van der Waals surface area contributed by atoms with Gasteiger partial charge in [0.05, 0.1) is 6.42 Å². The SMILES string of the molecule is Fc1ccc(CSc2nnc(Cc3ccc(Br)cc3)o2)cc1. The zero-order valence-corrected chi connectivity index (χ0v) is 13.9. The molecule has 0 saturated heterocycles. The highest BCUT2D eigenvalue weighted by Gasteiger charge is 2.08. The van der Waals surface area contributed by atoms with Crippen molar-refractivity contribution in [3.8, 4) is 0 Å². The van der Waals surface area contributed by atoms with Crippen molar-refractivity contribution in [3.05, 3.63) is 75.8 Å². The highest BCUT2D eigenvalue weighted by atomic mass is 79.9. The van der Waals surface area contributed by atoms with Crippen molar-refractivity contribution in [3.63, 3.8) is 0 Å². The van der Waals surface area contributed by atoms with E-state index in [-0.39, 0.29) is 5.82 Å². The first-order valence-corrected chi connectivity index (χ1v) is 8.41. The van der Waals surface area contributed by atoms with Gasteiger partial charge in [-0.2, -0.15) is 0 Å². The molecule has 0 spiro atoms. The lowest BCUT2D eigenvalue weighted by molar-refractivity contribution is 0.420. The summed E-state index contributed by atoms with van der Waals surface area (Å²) < 4.78 is 19.5. The number of halogens is 2. The van der Waals surface area contributed by atoms with Crippen molar-refractivity contribution in [2.24, 2.45) is 0 Å². The number of nitrogens with zero attached hydrogens (tertiary/aromatic N) is 2. The molecule has 22 heavy (non-hydrogen) atoms. The van der Waals surface area contributed by atoms with E-state index < -0.39 is 0 Å². The van der Waals surface area contributed by atoms with E-state index in [0.29, 0.717) is 23.3 Å². The smallest absolute Gasteiger partial charge is 0.276 e. The van der Waals surface area contributed by atoms with Gasteiger partial charge in [0.1, 0.15) is 5.82 Å². The van der Waals surface area contributed by atoms with Crippen molar-refractivity contribution in [2.45, 2.75) is 17.4 Å². The van der Waals surface area contributed by atoms with Crippen LogP contribution >= 0.6 is 27.7 Å². The minimum atomic E-state index is -0.233. The van der Waals surface area contributed by atoms with Gasteiger partial charge in [0.15, 0.2) is 0 Å². The Hall–Kier alpha value is -1.66. The lowest BCUT2D eigenvalue weighted by atomic mass is 10.2. The van der Waals surface area contributed by atoms with E-state index >= 15 is 0 Å². The highest BCUT2D eigenvalue weighted by Crippen LogP contribution is 2.22. The van der Waals surface area contributed by atoms with Crippen molar-refractivity contribution >= 4 is 27.7 Å². The predicted octanol–water partition coefficient (Wildman–Crippen LogP) is 4.85. The number of hydrogen-bond acceptors (Lipinski definition) is 4. The maximum Gasteiger partial charge on any atom is 0.276 e. The molecule has 2 aromatic carbocycles. The molecular weight excluding hydrogens is 367 g/mol. The minimum absolute atomic E-state index is 0.233. The molecule has 3 rings (SSSR count). The molecule has 3 aromatic rings. The van der Waals surface area contributed by atoms with Gasteiger partial charge >= 0.3 is 0 Å². The Morgan fingerprint density at radius 3 is 2.36 bits per heavy atom. The molecule has 0 aliphatic rings. The van der Waals surface area contributed by atoms with Gasteiger partial charge in [0, 0.05) is 10.2 Å². The first kappa shape index (κ1) is 15.2. The summed E-state index contributed by atoms with van der Waals surface area (Å²) in [5.74, 6) is 1.02. The molecule has 3 nitrogen and oxygen atoms in total. The van der Waals surface area contributed by atoms with Crippen LogP contribution in [0, 0.1) is 5.82 Å². The molecule has 6 heteroatoms. The maximum atomic E-state index is 12.8. The average molecular weight is 379 g/mol. The molecule has 0 N–H and O–H groups in total. The number of benzene rings is 2. The van der Waals surface area contributed by atoms with Crippen molar-refractivity contribution in [2.75, 3.05) is 0 Å². The second kappa shape index (κ2) is 7.07. The molecule has 0 atom stereocenters. The van der Waals surface area contributed by atoms with E-state index in [0.717, 1.165) is 15.6 Å². The molecule has 0 radical (unpaired) electrons. The van der Waals surface area contributed by atoms with E-state index in [1.807, 2.05) is 24.3 Å². The van der Waals surface area contributed by atoms with Gasteiger partial charge in [0.2, 0.25) is 5.89 Å². The largest absolute Gasteiger partial charge is 0.416 e. The fourth-order valence-electron chi connectivity index (χ4n) is 1.87. The second-order valence-corrected chi connectivity index (χ2v) is 6.52. The average Bonchev–Trinajstić information content (AvgIpc) is 2.97. The lowest BCUT2D eigenvalue weighted by Crippen LogP contribution is -1.87. The van der Waals surface area contributed by atoms with Crippen LogP contribution < -0.4 is 0 Å². The number of aromatic nitrogens is 2. The first-order valence-electron chi connectivity index (χ1n) is 6.63. The fourth-order valence-corrected chi connectivity index (χ4v) is 2.87. The van der Waals surface area contributed by atoms with Gasteiger partial charge in [0.25, 0.3) is 5.22 Å². The van der Waals surface area contributed by atoms with Gasteiger partial charge in [-0.15, -0.1) is 10.2 Å². The van der Waals surface area contributed by atoms with Gasteiger partial charge in [-0.25, -0.2) is 4.39 Å². The van der Waals surface area contributed by atoms with E-state index in [2.05, 4.69) is 26.1 Å². The molecule has 0 amide bonds. The quantitative estimate of drug-likeness (QED) is 0.594. The predicted molar refractivity (Wildman–Crippen MR) is 87.2 cm³/mol. The summed E-state index contributed by atoms with van der Waals surface area (Å²) in [4.78, 5) is 0. The lowest BCUT2D eigenvalue weighted by Gasteiger charge is -1.98. The van der Waals surface area contributed by atoms with Gasteiger partial charge in [-0.1, -0.05) is 52.0 Å². The van der Waals surface area contributed by atoms with Crippen LogP contribution in [-0.4, -0.2) is 10.2 Å². The second-order valence-electron chi connectivity index (χ2n) is 4.68. The number of rotatable bonds is 5. The van der Waals surface area contributed by atoms with Crippen molar-refractivity contribution < 1.29 is 8.81 Å². The van der Waals surface area contributed by atoms with Crippen LogP contribution in [0.4, 0.5) is 4.39 Å². The van der Waals surface area contributed by atoms with Crippen LogP contribution in [0.1, 0.15) is 17.0 Å². The summed E-state index contributed by atoms with van der Waals surface area (Å²) in [6.07, 6.45) is 0.609. The normalized spacial score (nSPS) is 10.8. The molecule has 1 heterocycles. The molecule has 0 bridgehead atoms. The summed E-state index contributed by atoms with van der Waals surface area (Å²) in [5, 5.41) is 8.60. The highest BCUT2D eigenvalue weighted by molar-refractivity contribution is 9.10. The van der Waals surface area contributed by atoms with Crippen LogP contribution in [0.15, 0.2) is 62.6 Å². The van der Waals surface area contributed by atoms with E-state index in [4.69, 9.17) is 4.42 Å². The first-order chi connectivity index (χ1) is 10.7. The Morgan fingerprint density at radius 2 is 1.64 bits per heavy atom. The topological polar surface area (TPSA) is 38.9 Å². The van der Waals surface area contributed by atoms with Crippen LogP contribution in [0.2, 0.25) is 0 Å². The van der Waals surface area contributed by atoms with Crippen LogP contribution in [-0.2, 0) is 12.2 Å². The number of hydrogen-bond donors (Lipinski definition) is 0. The number of thioether (sulfide) groups is 1. The third-order valence-electron chi connectivity index (χ3n) is 2.99. The molecule has 0 saturated carbocycles. The summed E-state index contributed by atoms with van der Waals surface area (Å²) in [5.41, 5.74) is 2.13. The molecule has 0 aliphatic heterocycles. The Balaban J connectivity index is 1.59. The van der Waals surface area contributed by atoms with Gasteiger partial charge in [-0.3, -0.25) is 0 Å². The minimum Gasteiger partial charge on any atom is -0.416 e. The van der Waals surface area contributed by atoms with E-state index in [1.54, 1.807) is 12.1 Å².